The maximum Gasteiger partial charge on any atom is 0.232 e. The average Bonchev–Trinajstić information content (AvgIpc) is 2.88. The number of hydrogen-bond donors (Lipinski definition) is 1. The fourth-order valence-electron chi connectivity index (χ4n) is 5.29. The van der Waals surface area contributed by atoms with Crippen LogP contribution < -0.4 is 10.1 Å². The minimum atomic E-state index is -0.353. The number of para-hydroxylation sites is 2. The van der Waals surface area contributed by atoms with Crippen molar-refractivity contribution in [3.8, 4) is 11.5 Å². The monoisotopic (exact) mass is 476 g/mol. The van der Waals surface area contributed by atoms with Crippen molar-refractivity contribution in [1.29, 1.82) is 0 Å². The van der Waals surface area contributed by atoms with Gasteiger partial charge in [0.2, 0.25) is 5.91 Å². The van der Waals surface area contributed by atoms with Gasteiger partial charge in [-0.15, -0.1) is 0 Å². The van der Waals surface area contributed by atoms with E-state index in [-0.39, 0.29) is 17.9 Å². The molecule has 5 heteroatoms. The van der Waals surface area contributed by atoms with Gasteiger partial charge in [0.15, 0.2) is 0 Å². The van der Waals surface area contributed by atoms with Crippen molar-refractivity contribution >= 4 is 11.7 Å². The number of nitrogens with zero attached hydrogens (tertiary/aromatic N) is 1. The third kappa shape index (κ3) is 6.94. The van der Waals surface area contributed by atoms with Gasteiger partial charge < -0.3 is 15.0 Å². The third-order valence-electron chi connectivity index (χ3n) is 7.39. The van der Waals surface area contributed by atoms with Crippen molar-refractivity contribution < 1.29 is 14.3 Å². The van der Waals surface area contributed by atoms with E-state index in [0.29, 0.717) is 12.2 Å². The number of fused-ring (bicyclic) bond motifs is 2. The van der Waals surface area contributed by atoms with Crippen LogP contribution in [0.3, 0.4) is 0 Å². The molecule has 2 aromatic carbocycles. The second kappa shape index (κ2) is 12.9. The number of nitrogens with one attached hydrogen (secondary N) is 1. The first-order chi connectivity index (χ1) is 17.2. The maximum absolute atomic E-state index is 13.4. The molecule has 188 valence electrons. The van der Waals surface area contributed by atoms with E-state index >= 15 is 0 Å². The van der Waals surface area contributed by atoms with Gasteiger partial charge in [-0.2, -0.15) is 0 Å². The van der Waals surface area contributed by atoms with Crippen molar-refractivity contribution in [2.45, 2.75) is 83.1 Å². The summed E-state index contributed by atoms with van der Waals surface area (Å²) < 4.78 is 6.04. The first-order valence-corrected chi connectivity index (χ1v) is 13.6. The summed E-state index contributed by atoms with van der Waals surface area (Å²) in [6, 6.07) is 15.8. The number of carbonyl (C=O) groups excluding carboxylic acids is 2. The minimum Gasteiger partial charge on any atom is -0.457 e. The number of unbranched alkanes of at least 4 members (excludes halogenated alkanes) is 5. The standard InChI is InChI=1S/C30H40N2O3/c1-2-3-4-5-6-7-12-24(33)19-22-32-20-17-23(18-21-32)31-30(34)29-25-13-8-10-15-27(25)35-28-16-11-9-14-26(28)29/h8-11,13-16,23,29H,2-7,12,17-22H2,1H3,(H,31,34). The van der Waals surface area contributed by atoms with Crippen LogP contribution in [0.1, 0.15) is 88.2 Å². The molecule has 4 rings (SSSR count). The topological polar surface area (TPSA) is 58.6 Å². The molecule has 0 radical (unpaired) electrons. The third-order valence-corrected chi connectivity index (χ3v) is 7.39. The lowest BCUT2D eigenvalue weighted by Gasteiger charge is -2.34. The molecule has 0 aliphatic carbocycles. The van der Waals surface area contributed by atoms with Crippen LogP contribution in [0.15, 0.2) is 48.5 Å². The molecule has 2 heterocycles. The summed E-state index contributed by atoms with van der Waals surface area (Å²) in [7, 11) is 0. The summed E-state index contributed by atoms with van der Waals surface area (Å²) in [6.45, 7) is 4.92. The molecule has 1 amide bonds. The summed E-state index contributed by atoms with van der Waals surface area (Å²) in [5.74, 6) is 1.60. The van der Waals surface area contributed by atoms with Crippen LogP contribution in [0.5, 0.6) is 11.5 Å². The predicted molar refractivity (Wildman–Crippen MR) is 140 cm³/mol. The van der Waals surface area contributed by atoms with Crippen LogP contribution in [0.4, 0.5) is 0 Å². The van der Waals surface area contributed by atoms with Gasteiger partial charge in [-0.05, 0) is 31.4 Å². The zero-order valence-electron chi connectivity index (χ0n) is 21.1. The lowest BCUT2D eigenvalue weighted by Crippen LogP contribution is -2.46. The predicted octanol–water partition coefficient (Wildman–Crippen LogP) is 6.21. The molecule has 0 bridgehead atoms. The highest BCUT2D eigenvalue weighted by Gasteiger charge is 2.33. The minimum absolute atomic E-state index is 0.0424. The number of amides is 1. The van der Waals surface area contributed by atoms with Crippen molar-refractivity contribution in [2.75, 3.05) is 19.6 Å². The molecule has 0 atom stereocenters. The molecule has 35 heavy (non-hydrogen) atoms. The summed E-state index contributed by atoms with van der Waals surface area (Å²) in [4.78, 5) is 28.1. The van der Waals surface area contributed by atoms with E-state index in [1.807, 2.05) is 48.5 Å². The number of ketones is 1. The Kier molecular flexibility index (Phi) is 9.35. The summed E-state index contributed by atoms with van der Waals surface area (Å²) in [6.07, 6.45) is 10.6. The van der Waals surface area contributed by atoms with Crippen LogP contribution in [0.25, 0.3) is 0 Å². The van der Waals surface area contributed by atoms with Crippen molar-refractivity contribution in [3.05, 3.63) is 59.7 Å². The van der Waals surface area contributed by atoms with Crippen molar-refractivity contribution in [2.24, 2.45) is 0 Å². The Morgan fingerprint density at radius 1 is 0.857 bits per heavy atom. The average molecular weight is 477 g/mol. The Morgan fingerprint density at radius 3 is 2.11 bits per heavy atom. The van der Waals surface area contributed by atoms with Crippen molar-refractivity contribution in [3.63, 3.8) is 0 Å². The molecule has 1 saturated heterocycles. The van der Waals surface area contributed by atoms with Gasteiger partial charge in [-0.1, -0.05) is 75.4 Å². The van der Waals surface area contributed by atoms with Gasteiger partial charge >= 0.3 is 0 Å². The largest absolute Gasteiger partial charge is 0.457 e. The zero-order chi connectivity index (χ0) is 24.5. The lowest BCUT2D eigenvalue weighted by atomic mass is 9.87. The number of hydrogen-bond acceptors (Lipinski definition) is 4. The lowest BCUT2D eigenvalue weighted by molar-refractivity contribution is -0.122. The molecule has 2 aliphatic rings. The SMILES string of the molecule is CCCCCCCCC(=O)CCN1CCC(NC(=O)C2c3ccccc3Oc3ccccc32)CC1. The molecule has 0 unspecified atom stereocenters. The molecule has 1 fully saturated rings. The van der Waals surface area contributed by atoms with Crippen LogP contribution in [0, 0.1) is 0 Å². The number of ether oxygens (including phenoxy) is 1. The molecule has 0 saturated carbocycles. The van der Waals surface area contributed by atoms with E-state index in [1.54, 1.807) is 0 Å². The summed E-state index contributed by atoms with van der Waals surface area (Å²) in [5.41, 5.74) is 1.84. The fourth-order valence-corrected chi connectivity index (χ4v) is 5.29. The van der Waals surface area contributed by atoms with Gasteiger partial charge in [0.1, 0.15) is 17.3 Å². The van der Waals surface area contributed by atoms with E-state index in [1.165, 1.54) is 32.1 Å². The highest BCUT2D eigenvalue weighted by molar-refractivity contribution is 5.89. The van der Waals surface area contributed by atoms with Gasteiger partial charge in [0, 0.05) is 49.6 Å². The second-order valence-electron chi connectivity index (χ2n) is 10.0. The number of piperidine rings is 1. The zero-order valence-corrected chi connectivity index (χ0v) is 21.1. The van der Waals surface area contributed by atoms with Crippen LogP contribution in [-0.4, -0.2) is 42.3 Å². The number of benzene rings is 2. The highest BCUT2D eigenvalue weighted by Crippen LogP contribution is 2.44. The van der Waals surface area contributed by atoms with E-state index in [2.05, 4.69) is 17.1 Å². The van der Waals surface area contributed by atoms with Gasteiger partial charge in [0.25, 0.3) is 0 Å². The summed E-state index contributed by atoms with van der Waals surface area (Å²) >= 11 is 0. The second-order valence-corrected chi connectivity index (χ2v) is 10.0. The molecule has 0 spiro atoms. The molecule has 1 N–H and O–H groups in total. The Labute approximate surface area is 210 Å². The Hall–Kier alpha value is -2.66. The normalized spacial score (nSPS) is 16.3. The van der Waals surface area contributed by atoms with Crippen LogP contribution in [0.2, 0.25) is 0 Å². The van der Waals surface area contributed by atoms with E-state index in [9.17, 15) is 9.59 Å². The molecule has 2 aromatic rings. The summed E-state index contributed by atoms with van der Waals surface area (Å²) in [5, 5.41) is 3.32. The molecule has 5 nitrogen and oxygen atoms in total. The maximum atomic E-state index is 13.4. The Bertz CT molecular complexity index is 936. The van der Waals surface area contributed by atoms with E-state index < -0.39 is 0 Å². The molecule has 2 aliphatic heterocycles. The molecule has 0 aromatic heterocycles. The Balaban J connectivity index is 1.21. The first kappa shape index (κ1) is 25.4. The highest BCUT2D eigenvalue weighted by atomic mass is 16.5. The van der Waals surface area contributed by atoms with E-state index in [0.717, 1.165) is 67.9 Å². The Morgan fingerprint density at radius 2 is 1.46 bits per heavy atom. The van der Waals surface area contributed by atoms with E-state index in [4.69, 9.17) is 4.74 Å². The van der Waals surface area contributed by atoms with Gasteiger partial charge in [-0.25, -0.2) is 0 Å². The first-order valence-electron chi connectivity index (χ1n) is 13.6. The number of carbonyl (C=O) groups is 2. The number of Topliss-reactive ketones (excluding diaryl/α,β-unsaturated/α-hetero) is 1. The van der Waals surface area contributed by atoms with Crippen LogP contribution >= 0.6 is 0 Å². The molecular weight excluding hydrogens is 436 g/mol. The molecular formula is C30H40N2O3. The quantitative estimate of drug-likeness (QED) is 0.370. The van der Waals surface area contributed by atoms with Crippen LogP contribution in [-0.2, 0) is 9.59 Å². The van der Waals surface area contributed by atoms with Gasteiger partial charge in [0.05, 0.1) is 5.92 Å². The number of rotatable bonds is 12. The number of likely N-dealkylation sites (tertiary alicyclic amines) is 1. The van der Waals surface area contributed by atoms with Crippen molar-refractivity contribution in [1.82, 2.24) is 10.2 Å². The fraction of sp³-hybridized carbons (Fsp3) is 0.533. The smallest absolute Gasteiger partial charge is 0.232 e. The van der Waals surface area contributed by atoms with Gasteiger partial charge in [-0.3, -0.25) is 9.59 Å².